The van der Waals surface area contributed by atoms with Gasteiger partial charge in [0.2, 0.25) is 0 Å². The van der Waals surface area contributed by atoms with E-state index in [1.165, 1.54) is 0 Å². The molecule has 4 saturated carbocycles. The van der Waals surface area contributed by atoms with Crippen LogP contribution in [0.2, 0.25) is 0 Å². The number of nitrogens with zero attached hydrogens (tertiary/aromatic N) is 2. The van der Waals surface area contributed by atoms with E-state index >= 15 is 0 Å². The van der Waals surface area contributed by atoms with Crippen LogP contribution in [0.5, 0.6) is 0 Å². The van der Waals surface area contributed by atoms with Crippen LogP contribution in [0.4, 0.5) is 0 Å². The van der Waals surface area contributed by atoms with Gasteiger partial charge in [0.25, 0.3) is 0 Å². The Bertz CT molecular complexity index is 880. The Morgan fingerprint density at radius 3 is 2.46 bits per heavy atom. The van der Waals surface area contributed by atoms with Gasteiger partial charge in [-0.25, -0.2) is 9.97 Å². The van der Waals surface area contributed by atoms with Gasteiger partial charge in [0.1, 0.15) is 6.61 Å². The Morgan fingerprint density at radius 1 is 1.15 bits per heavy atom. The first-order valence-corrected chi connectivity index (χ1v) is 9.57. The second-order valence-corrected chi connectivity index (χ2v) is 8.79. The summed E-state index contributed by atoms with van der Waals surface area (Å²) in [6.07, 6.45) is 5.17. The largest absolute Gasteiger partial charge is 0.459 e. The van der Waals surface area contributed by atoms with Crippen molar-refractivity contribution in [2.45, 2.75) is 57.7 Å². The molecule has 2 unspecified atom stereocenters. The van der Waals surface area contributed by atoms with Crippen LogP contribution in [0.1, 0.15) is 49.9 Å². The smallest absolute Gasteiger partial charge is 0.312 e. The molecule has 6 rings (SSSR count). The lowest BCUT2D eigenvalue weighted by Crippen LogP contribution is -2.58. The number of fused-ring (bicyclic) bond motifs is 1. The van der Waals surface area contributed by atoms with Crippen LogP contribution in [0.25, 0.3) is 11.0 Å². The summed E-state index contributed by atoms with van der Waals surface area (Å²) >= 11 is 0. The molecule has 4 fully saturated rings. The molecule has 1 N–H and O–H groups in total. The van der Waals surface area contributed by atoms with Crippen LogP contribution in [0.15, 0.2) is 24.3 Å². The van der Waals surface area contributed by atoms with Crippen LogP contribution >= 0.6 is 0 Å². The van der Waals surface area contributed by atoms with Crippen LogP contribution in [0.3, 0.4) is 0 Å². The third kappa shape index (κ3) is 2.52. The van der Waals surface area contributed by atoms with Gasteiger partial charge in [0.05, 0.1) is 33.4 Å². The van der Waals surface area contributed by atoms with Crippen molar-refractivity contribution in [2.75, 3.05) is 0 Å². The normalized spacial score (nSPS) is 35.0. The molecule has 0 radical (unpaired) electrons. The van der Waals surface area contributed by atoms with Crippen molar-refractivity contribution < 1.29 is 14.6 Å². The maximum atomic E-state index is 13.0. The summed E-state index contributed by atoms with van der Waals surface area (Å²) in [5.74, 6) is 0.784. The van der Waals surface area contributed by atoms with Gasteiger partial charge in [-0.15, -0.1) is 0 Å². The molecule has 1 heterocycles. The SMILES string of the molecule is Cc1nc2ccccc2nc1COC(=O)C12CC3CC(CC(O)(C3)C1)C2. The molecule has 0 saturated heterocycles. The molecule has 0 amide bonds. The molecule has 4 aliphatic carbocycles. The molecule has 0 spiro atoms. The third-order valence-electron chi connectivity index (χ3n) is 6.65. The Morgan fingerprint density at radius 2 is 1.81 bits per heavy atom. The molecule has 4 aliphatic rings. The summed E-state index contributed by atoms with van der Waals surface area (Å²) in [5, 5.41) is 10.8. The minimum absolute atomic E-state index is 0.151. The zero-order valence-electron chi connectivity index (χ0n) is 15.1. The van der Waals surface area contributed by atoms with Crippen molar-refractivity contribution in [3.05, 3.63) is 35.7 Å². The maximum absolute atomic E-state index is 13.0. The van der Waals surface area contributed by atoms with Crippen molar-refractivity contribution in [1.29, 1.82) is 0 Å². The summed E-state index contributed by atoms with van der Waals surface area (Å²) < 4.78 is 5.74. The minimum atomic E-state index is -0.651. The molecule has 5 heteroatoms. The highest BCUT2D eigenvalue weighted by Crippen LogP contribution is 2.62. The number of aliphatic hydroxyl groups is 1. The molecular weight excluding hydrogens is 328 g/mol. The van der Waals surface area contributed by atoms with E-state index in [0.717, 1.165) is 48.8 Å². The van der Waals surface area contributed by atoms with E-state index in [9.17, 15) is 9.90 Å². The van der Waals surface area contributed by atoms with Gasteiger partial charge in [-0.1, -0.05) is 12.1 Å². The second kappa shape index (κ2) is 5.49. The summed E-state index contributed by atoms with van der Waals surface area (Å²) in [5.41, 5.74) is 2.02. The first-order valence-electron chi connectivity index (χ1n) is 9.57. The molecule has 2 aromatic rings. The standard InChI is InChI=1S/C21H24N2O3/c1-13-18(23-17-5-3-2-4-16(17)22-13)11-26-19(24)20-7-14-6-15(8-20)10-21(25,9-14)12-20/h2-5,14-15,25H,6-12H2,1H3. The van der Waals surface area contributed by atoms with E-state index in [2.05, 4.69) is 9.97 Å². The van der Waals surface area contributed by atoms with Crippen LogP contribution in [0, 0.1) is 24.2 Å². The highest BCUT2D eigenvalue weighted by atomic mass is 16.5. The predicted molar refractivity (Wildman–Crippen MR) is 96.1 cm³/mol. The lowest BCUT2D eigenvalue weighted by Gasteiger charge is -2.58. The average molecular weight is 352 g/mol. The van der Waals surface area contributed by atoms with Crippen molar-refractivity contribution >= 4 is 17.0 Å². The van der Waals surface area contributed by atoms with Crippen molar-refractivity contribution in [2.24, 2.45) is 17.3 Å². The van der Waals surface area contributed by atoms with Gasteiger partial charge >= 0.3 is 5.97 Å². The number of para-hydroxylation sites is 2. The topological polar surface area (TPSA) is 72.3 Å². The van der Waals surface area contributed by atoms with E-state index in [1.54, 1.807) is 0 Å². The van der Waals surface area contributed by atoms with Crippen molar-refractivity contribution in [1.82, 2.24) is 9.97 Å². The van der Waals surface area contributed by atoms with E-state index in [0.29, 0.717) is 24.0 Å². The average Bonchev–Trinajstić information content (AvgIpc) is 2.57. The molecule has 4 bridgehead atoms. The Balaban J connectivity index is 1.36. The molecule has 1 aromatic carbocycles. The fraction of sp³-hybridized carbons (Fsp3) is 0.571. The monoisotopic (exact) mass is 352 g/mol. The van der Waals surface area contributed by atoms with Gasteiger partial charge < -0.3 is 9.84 Å². The first-order chi connectivity index (χ1) is 12.4. The number of benzene rings is 1. The highest BCUT2D eigenvalue weighted by Gasteiger charge is 2.60. The number of aromatic nitrogens is 2. The van der Waals surface area contributed by atoms with Gasteiger partial charge in [0.15, 0.2) is 0 Å². The van der Waals surface area contributed by atoms with Gasteiger partial charge in [0, 0.05) is 0 Å². The number of hydrogen-bond acceptors (Lipinski definition) is 5. The number of ether oxygens (including phenoxy) is 1. The summed E-state index contributed by atoms with van der Waals surface area (Å²) in [6.45, 7) is 2.05. The number of carbonyl (C=O) groups is 1. The molecule has 1 aromatic heterocycles. The number of rotatable bonds is 3. The van der Waals surface area contributed by atoms with Crippen LogP contribution < -0.4 is 0 Å². The highest BCUT2D eigenvalue weighted by molar-refractivity contribution is 5.78. The zero-order valence-corrected chi connectivity index (χ0v) is 15.1. The van der Waals surface area contributed by atoms with E-state index in [4.69, 9.17) is 4.74 Å². The second-order valence-electron chi connectivity index (χ2n) is 8.79. The van der Waals surface area contributed by atoms with E-state index in [-0.39, 0.29) is 12.6 Å². The third-order valence-corrected chi connectivity index (χ3v) is 6.65. The number of esters is 1. The number of carbonyl (C=O) groups excluding carboxylic acids is 1. The Hall–Kier alpha value is -2.01. The minimum Gasteiger partial charge on any atom is -0.459 e. The van der Waals surface area contributed by atoms with Crippen LogP contribution in [-0.2, 0) is 16.1 Å². The molecular formula is C21H24N2O3. The Labute approximate surface area is 152 Å². The molecule has 5 nitrogen and oxygen atoms in total. The summed E-state index contributed by atoms with van der Waals surface area (Å²) in [4.78, 5) is 22.2. The summed E-state index contributed by atoms with van der Waals surface area (Å²) in [6, 6.07) is 7.72. The van der Waals surface area contributed by atoms with Gasteiger partial charge in [-0.2, -0.15) is 0 Å². The quantitative estimate of drug-likeness (QED) is 0.858. The van der Waals surface area contributed by atoms with Crippen LogP contribution in [-0.4, -0.2) is 26.6 Å². The Kier molecular flexibility index (Phi) is 3.42. The molecule has 0 aliphatic heterocycles. The predicted octanol–water partition coefficient (Wildman–Crippen LogP) is 3.31. The fourth-order valence-corrected chi connectivity index (χ4v) is 6.00. The molecule has 2 atom stereocenters. The molecule has 136 valence electrons. The maximum Gasteiger partial charge on any atom is 0.312 e. The summed E-state index contributed by atoms with van der Waals surface area (Å²) in [7, 11) is 0. The number of aryl methyl sites for hydroxylation is 1. The lowest BCUT2D eigenvalue weighted by molar-refractivity contribution is -0.197. The lowest BCUT2D eigenvalue weighted by atomic mass is 9.48. The van der Waals surface area contributed by atoms with Crippen molar-refractivity contribution in [3.63, 3.8) is 0 Å². The fourth-order valence-electron chi connectivity index (χ4n) is 6.00. The van der Waals surface area contributed by atoms with Crippen molar-refractivity contribution in [3.8, 4) is 0 Å². The van der Waals surface area contributed by atoms with Gasteiger partial charge in [-0.3, -0.25) is 4.79 Å². The first kappa shape index (κ1) is 16.2. The van der Waals surface area contributed by atoms with E-state index in [1.807, 2.05) is 31.2 Å². The molecule has 26 heavy (non-hydrogen) atoms. The van der Waals surface area contributed by atoms with Gasteiger partial charge in [-0.05, 0) is 69.4 Å². The van der Waals surface area contributed by atoms with E-state index < -0.39 is 11.0 Å². The number of hydrogen-bond donors (Lipinski definition) is 1. The zero-order chi connectivity index (χ0) is 17.9.